The molecule has 0 atom stereocenters. The second kappa shape index (κ2) is 5.34. The molecule has 0 fully saturated rings. The minimum absolute atomic E-state index is 0.00125. The normalized spacial score (nSPS) is 12.9. The van der Waals surface area contributed by atoms with Crippen LogP contribution in [0.25, 0.3) is 21.9 Å². The van der Waals surface area contributed by atoms with Crippen molar-refractivity contribution in [3.63, 3.8) is 0 Å². The molecule has 0 aliphatic rings. The molecule has 0 aliphatic heterocycles. The third-order valence-corrected chi connectivity index (χ3v) is 6.06. The maximum atomic E-state index is 12.7. The Balaban J connectivity index is 2.14. The molecule has 0 bridgehead atoms. The molecule has 0 saturated carbocycles. The van der Waals surface area contributed by atoms with Crippen LogP contribution in [0.2, 0.25) is 0 Å². The molecule has 0 unspecified atom stereocenters. The third kappa shape index (κ3) is 2.86. The van der Waals surface area contributed by atoms with E-state index in [0.717, 1.165) is 23.5 Å². The Morgan fingerprint density at radius 1 is 1.26 bits per heavy atom. The number of sulfone groups is 1. The van der Waals surface area contributed by atoms with Gasteiger partial charge in [0.2, 0.25) is 5.89 Å². The number of rotatable bonds is 3. The molecule has 3 aromatic rings. The van der Waals surface area contributed by atoms with Crippen molar-refractivity contribution in [1.82, 2.24) is 4.98 Å². The Hall–Kier alpha value is -1.87. The van der Waals surface area contributed by atoms with Gasteiger partial charge in [0.1, 0.15) is 10.4 Å². The average molecular weight is 361 g/mol. The summed E-state index contributed by atoms with van der Waals surface area (Å²) in [4.78, 5) is 4.38. The quantitative estimate of drug-likeness (QED) is 0.695. The fourth-order valence-electron chi connectivity index (χ4n) is 2.05. The van der Waals surface area contributed by atoms with Crippen LogP contribution in [0, 0.1) is 0 Å². The molecule has 0 saturated heterocycles. The Morgan fingerprint density at radius 2 is 2.00 bits per heavy atom. The lowest BCUT2D eigenvalue weighted by molar-refractivity contribution is -0.137. The molecule has 9 heteroatoms. The second-order valence-electron chi connectivity index (χ2n) is 4.72. The van der Waals surface area contributed by atoms with E-state index in [1.807, 2.05) is 0 Å². The third-order valence-electron chi connectivity index (χ3n) is 3.25. The molecular weight excluding hydrogens is 351 g/mol. The Morgan fingerprint density at radius 3 is 2.65 bits per heavy atom. The van der Waals surface area contributed by atoms with E-state index in [4.69, 9.17) is 4.42 Å². The number of oxazole rings is 1. The molecule has 0 radical (unpaired) electrons. The number of benzene rings is 1. The highest BCUT2D eigenvalue weighted by Crippen LogP contribution is 2.36. The largest absolute Gasteiger partial charge is 0.435 e. The SMILES string of the molecule is CCS(=O)(=O)c1ccsc1-c1nc2cc(C(F)(F)F)ccc2o1. The van der Waals surface area contributed by atoms with E-state index < -0.39 is 21.6 Å². The van der Waals surface area contributed by atoms with Crippen LogP contribution in [-0.4, -0.2) is 19.2 Å². The zero-order valence-corrected chi connectivity index (χ0v) is 13.3. The summed E-state index contributed by atoms with van der Waals surface area (Å²) < 4.78 is 67.7. The van der Waals surface area contributed by atoms with Gasteiger partial charge < -0.3 is 4.42 Å². The Bertz CT molecular complexity index is 971. The van der Waals surface area contributed by atoms with Crippen LogP contribution in [0.5, 0.6) is 0 Å². The van der Waals surface area contributed by atoms with E-state index in [1.54, 1.807) is 5.38 Å². The van der Waals surface area contributed by atoms with Crippen molar-refractivity contribution in [2.45, 2.75) is 18.0 Å². The zero-order valence-electron chi connectivity index (χ0n) is 11.7. The summed E-state index contributed by atoms with van der Waals surface area (Å²) in [5, 5.41) is 1.58. The first-order valence-electron chi connectivity index (χ1n) is 6.51. The van der Waals surface area contributed by atoms with Gasteiger partial charge in [0, 0.05) is 0 Å². The molecule has 4 nitrogen and oxygen atoms in total. The van der Waals surface area contributed by atoms with E-state index in [9.17, 15) is 21.6 Å². The van der Waals surface area contributed by atoms with E-state index in [0.29, 0.717) is 0 Å². The van der Waals surface area contributed by atoms with Gasteiger partial charge in [0.15, 0.2) is 15.4 Å². The van der Waals surface area contributed by atoms with Crippen molar-refractivity contribution in [2.24, 2.45) is 0 Å². The fourth-order valence-corrected chi connectivity index (χ4v) is 4.33. The van der Waals surface area contributed by atoms with Crippen LogP contribution in [0.4, 0.5) is 13.2 Å². The summed E-state index contributed by atoms with van der Waals surface area (Å²) in [5.41, 5.74) is -0.637. The summed E-state index contributed by atoms with van der Waals surface area (Å²) in [5.74, 6) is -0.0869. The van der Waals surface area contributed by atoms with Crippen LogP contribution >= 0.6 is 11.3 Å². The zero-order chi connectivity index (χ0) is 16.8. The van der Waals surface area contributed by atoms with Crippen LogP contribution in [0.15, 0.2) is 39.0 Å². The van der Waals surface area contributed by atoms with E-state index in [-0.39, 0.29) is 32.5 Å². The topological polar surface area (TPSA) is 60.2 Å². The highest BCUT2D eigenvalue weighted by molar-refractivity contribution is 7.91. The first-order valence-corrected chi connectivity index (χ1v) is 9.04. The number of hydrogen-bond donors (Lipinski definition) is 0. The predicted molar refractivity (Wildman–Crippen MR) is 80.1 cm³/mol. The maximum absolute atomic E-state index is 12.7. The van der Waals surface area contributed by atoms with Gasteiger partial charge in [0.25, 0.3) is 0 Å². The van der Waals surface area contributed by atoms with Gasteiger partial charge >= 0.3 is 6.18 Å². The summed E-state index contributed by atoms with van der Waals surface area (Å²) in [7, 11) is -3.47. The number of thiophene rings is 1. The van der Waals surface area contributed by atoms with Crippen molar-refractivity contribution < 1.29 is 26.0 Å². The molecule has 23 heavy (non-hydrogen) atoms. The summed E-state index contributed by atoms with van der Waals surface area (Å²) >= 11 is 1.11. The highest BCUT2D eigenvalue weighted by atomic mass is 32.2. The van der Waals surface area contributed by atoms with Crippen molar-refractivity contribution in [1.29, 1.82) is 0 Å². The summed E-state index contributed by atoms with van der Waals surface area (Å²) in [6.45, 7) is 1.51. The molecule has 3 rings (SSSR count). The molecule has 0 spiro atoms. The maximum Gasteiger partial charge on any atom is 0.416 e. The number of aromatic nitrogens is 1. The van der Waals surface area contributed by atoms with Crippen LogP contribution < -0.4 is 0 Å². The Kier molecular flexibility index (Phi) is 3.72. The molecule has 2 heterocycles. The lowest BCUT2D eigenvalue weighted by Crippen LogP contribution is -2.04. The number of fused-ring (bicyclic) bond motifs is 1. The van der Waals surface area contributed by atoms with Gasteiger partial charge in [-0.1, -0.05) is 6.92 Å². The predicted octanol–water partition coefficient (Wildman–Crippen LogP) is 4.37. The molecule has 0 amide bonds. The van der Waals surface area contributed by atoms with Gasteiger partial charge in [-0.05, 0) is 29.6 Å². The van der Waals surface area contributed by atoms with Gasteiger partial charge in [0.05, 0.1) is 16.2 Å². The number of halogens is 3. The highest BCUT2D eigenvalue weighted by Gasteiger charge is 2.31. The summed E-state index contributed by atoms with van der Waals surface area (Å²) in [6.07, 6.45) is -4.48. The van der Waals surface area contributed by atoms with E-state index in [1.165, 1.54) is 19.1 Å². The molecule has 0 aliphatic carbocycles. The van der Waals surface area contributed by atoms with E-state index in [2.05, 4.69) is 4.98 Å². The standard InChI is InChI=1S/C14H10F3NO3S2/c1-2-23(19,20)11-5-6-22-12(11)13-18-9-7-8(14(15,16)17)3-4-10(9)21-13/h3-7H,2H2,1H3. The van der Waals surface area contributed by atoms with Crippen LogP contribution in [0.3, 0.4) is 0 Å². The Labute approximate surface area is 133 Å². The van der Waals surface area contributed by atoms with Crippen LogP contribution in [-0.2, 0) is 16.0 Å². The first-order chi connectivity index (χ1) is 10.7. The van der Waals surface area contributed by atoms with Crippen LogP contribution in [0.1, 0.15) is 12.5 Å². The number of hydrogen-bond acceptors (Lipinski definition) is 5. The second-order valence-corrected chi connectivity index (χ2v) is 7.88. The van der Waals surface area contributed by atoms with Crippen molar-refractivity contribution in [3.8, 4) is 10.8 Å². The average Bonchev–Trinajstić information content (AvgIpc) is 3.11. The lowest BCUT2D eigenvalue weighted by atomic mass is 10.2. The van der Waals surface area contributed by atoms with Gasteiger partial charge in [-0.25, -0.2) is 13.4 Å². The lowest BCUT2D eigenvalue weighted by Gasteiger charge is -2.04. The van der Waals surface area contributed by atoms with Gasteiger partial charge in [-0.2, -0.15) is 13.2 Å². The molecule has 2 aromatic heterocycles. The molecule has 0 N–H and O–H groups in total. The molecule has 122 valence electrons. The van der Waals surface area contributed by atoms with Gasteiger partial charge in [-0.3, -0.25) is 0 Å². The summed E-state index contributed by atoms with van der Waals surface area (Å²) in [6, 6.07) is 4.39. The first kappa shape index (κ1) is 16.0. The minimum atomic E-state index is -4.48. The minimum Gasteiger partial charge on any atom is -0.435 e. The van der Waals surface area contributed by atoms with Crippen molar-refractivity contribution in [3.05, 3.63) is 35.2 Å². The van der Waals surface area contributed by atoms with Gasteiger partial charge in [-0.15, -0.1) is 11.3 Å². The monoisotopic (exact) mass is 361 g/mol. The number of nitrogens with zero attached hydrogens (tertiary/aromatic N) is 1. The molecule has 1 aromatic carbocycles. The van der Waals surface area contributed by atoms with E-state index >= 15 is 0 Å². The molecular formula is C14H10F3NO3S2. The number of alkyl halides is 3. The smallest absolute Gasteiger partial charge is 0.416 e. The fraction of sp³-hybridized carbons (Fsp3) is 0.214. The van der Waals surface area contributed by atoms with Crippen molar-refractivity contribution in [2.75, 3.05) is 5.75 Å². The van der Waals surface area contributed by atoms with Crippen molar-refractivity contribution >= 4 is 32.3 Å².